The zero-order valence-electron chi connectivity index (χ0n) is 11.4. The van der Waals surface area contributed by atoms with Crippen LogP contribution in [-0.4, -0.2) is 19.1 Å². The van der Waals surface area contributed by atoms with Crippen molar-refractivity contribution in [1.82, 2.24) is 10.7 Å². The Morgan fingerprint density at radius 2 is 2.00 bits per heavy atom. The number of ether oxygens (including phenoxy) is 1. The molecule has 5 heteroatoms. The molecule has 0 heterocycles. The largest absolute Gasteiger partial charge is 0.497 e. The minimum absolute atomic E-state index is 0.505. The number of benzene rings is 1. The predicted molar refractivity (Wildman–Crippen MR) is 76.8 cm³/mol. The first-order valence-corrected chi connectivity index (χ1v) is 6.72. The number of rotatable bonds is 4. The zero-order chi connectivity index (χ0) is 13.5. The first-order valence-electron chi connectivity index (χ1n) is 6.72. The van der Waals surface area contributed by atoms with Gasteiger partial charge in [0.1, 0.15) is 5.75 Å². The summed E-state index contributed by atoms with van der Waals surface area (Å²) in [7, 11) is 1.66. The van der Waals surface area contributed by atoms with Crippen molar-refractivity contribution < 1.29 is 4.74 Å². The van der Waals surface area contributed by atoms with Crippen molar-refractivity contribution in [1.29, 1.82) is 0 Å². The third-order valence-corrected chi connectivity index (χ3v) is 3.41. The molecular formula is C14H22N4O. The van der Waals surface area contributed by atoms with E-state index >= 15 is 0 Å². The predicted octanol–water partition coefficient (Wildman–Crippen LogP) is 1.55. The summed E-state index contributed by atoms with van der Waals surface area (Å²) in [6.07, 6.45) is 4.97. The number of hydrogen-bond donors (Lipinski definition) is 3. The molecule has 104 valence electrons. The van der Waals surface area contributed by atoms with E-state index in [2.05, 4.69) is 15.7 Å². The molecular weight excluding hydrogens is 240 g/mol. The van der Waals surface area contributed by atoms with Crippen LogP contribution in [0.15, 0.2) is 29.3 Å². The van der Waals surface area contributed by atoms with Crippen LogP contribution in [0.3, 0.4) is 0 Å². The molecule has 0 bridgehead atoms. The summed E-state index contributed by atoms with van der Waals surface area (Å²) in [4.78, 5) is 4.46. The van der Waals surface area contributed by atoms with Crippen LogP contribution in [-0.2, 0) is 6.54 Å². The molecule has 1 fully saturated rings. The van der Waals surface area contributed by atoms with Gasteiger partial charge in [0.15, 0.2) is 0 Å². The van der Waals surface area contributed by atoms with E-state index in [1.165, 1.54) is 25.7 Å². The number of guanidine groups is 1. The molecule has 0 atom stereocenters. The highest BCUT2D eigenvalue weighted by Crippen LogP contribution is 2.17. The van der Waals surface area contributed by atoms with Crippen molar-refractivity contribution in [2.45, 2.75) is 38.3 Å². The standard InChI is InChI=1S/C14H22N4O/c1-19-13-8-6-11(7-9-13)10-16-14(18-15)17-12-4-2-3-5-12/h6-9,12H,2-5,10,15H2,1H3,(H2,16,17,18). The molecule has 1 aliphatic rings. The number of aliphatic imine (C=N–C) groups is 1. The lowest BCUT2D eigenvalue weighted by atomic mass is 10.2. The molecule has 0 amide bonds. The maximum atomic E-state index is 5.50. The van der Waals surface area contributed by atoms with Gasteiger partial charge in [-0.3, -0.25) is 5.43 Å². The fourth-order valence-electron chi connectivity index (χ4n) is 2.30. The highest BCUT2D eigenvalue weighted by molar-refractivity contribution is 5.79. The lowest BCUT2D eigenvalue weighted by Crippen LogP contribution is -2.45. The van der Waals surface area contributed by atoms with Crippen LogP contribution >= 0.6 is 0 Å². The van der Waals surface area contributed by atoms with E-state index in [4.69, 9.17) is 10.6 Å². The molecule has 0 unspecified atom stereocenters. The second-order valence-corrected chi connectivity index (χ2v) is 4.78. The quantitative estimate of drug-likeness (QED) is 0.333. The van der Waals surface area contributed by atoms with Gasteiger partial charge in [0.2, 0.25) is 5.96 Å². The van der Waals surface area contributed by atoms with Gasteiger partial charge in [-0.1, -0.05) is 25.0 Å². The average Bonchev–Trinajstić information content (AvgIpc) is 2.97. The first kappa shape index (κ1) is 13.7. The fourth-order valence-corrected chi connectivity index (χ4v) is 2.30. The molecule has 19 heavy (non-hydrogen) atoms. The fraction of sp³-hybridized carbons (Fsp3) is 0.500. The van der Waals surface area contributed by atoms with Gasteiger partial charge in [-0.15, -0.1) is 0 Å². The Bertz CT molecular complexity index is 410. The van der Waals surface area contributed by atoms with E-state index in [9.17, 15) is 0 Å². The summed E-state index contributed by atoms with van der Waals surface area (Å²) in [5.41, 5.74) is 3.76. The van der Waals surface area contributed by atoms with E-state index in [0.29, 0.717) is 18.5 Å². The van der Waals surface area contributed by atoms with Crippen LogP contribution < -0.4 is 21.3 Å². The second kappa shape index (κ2) is 6.99. The van der Waals surface area contributed by atoms with Crippen LogP contribution in [0.25, 0.3) is 0 Å². The van der Waals surface area contributed by atoms with Gasteiger partial charge in [-0.25, -0.2) is 10.8 Å². The Hall–Kier alpha value is -1.75. The highest BCUT2D eigenvalue weighted by Gasteiger charge is 2.15. The number of nitrogens with two attached hydrogens (primary N) is 1. The van der Waals surface area contributed by atoms with Crippen LogP contribution in [0.5, 0.6) is 5.75 Å². The molecule has 5 nitrogen and oxygen atoms in total. The van der Waals surface area contributed by atoms with E-state index < -0.39 is 0 Å². The van der Waals surface area contributed by atoms with E-state index in [1.807, 2.05) is 24.3 Å². The minimum atomic E-state index is 0.505. The molecule has 1 aliphatic carbocycles. The Balaban J connectivity index is 1.89. The number of hydrazine groups is 1. The molecule has 1 saturated carbocycles. The van der Waals surface area contributed by atoms with Gasteiger partial charge in [0.05, 0.1) is 13.7 Å². The van der Waals surface area contributed by atoms with Crippen molar-refractivity contribution in [3.05, 3.63) is 29.8 Å². The minimum Gasteiger partial charge on any atom is -0.497 e. The molecule has 0 aliphatic heterocycles. The van der Waals surface area contributed by atoms with Gasteiger partial charge in [0.25, 0.3) is 0 Å². The van der Waals surface area contributed by atoms with Gasteiger partial charge < -0.3 is 10.1 Å². The monoisotopic (exact) mass is 262 g/mol. The first-order chi connectivity index (χ1) is 9.31. The van der Waals surface area contributed by atoms with Gasteiger partial charge >= 0.3 is 0 Å². The van der Waals surface area contributed by atoms with Crippen molar-refractivity contribution >= 4 is 5.96 Å². The molecule has 4 N–H and O–H groups in total. The topological polar surface area (TPSA) is 71.7 Å². The lowest BCUT2D eigenvalue weighted by Gasteiger charge is -2.15. The second-order valence-electron chi connectivity index (χ2n) is 4.78. The summed E-state index contributed by atoms with van der Waals surface area (Å²) >= 11 is 0. The van der Waals surface area contributed by atoms with E-state index in [1.54, 1.807) is 7.11 Å². The van der Waals surface area contributed by atoms with E-state index in [0.717, 1.165) is 11.3 Å². The summed E-state index contributed by atoms with van der Waals surface area (Å²) < 4.78 is 5.12. The van der Waals surface area contributed by atoms with Crippen LogP contribution in [0.1, 0.15) is 31.2 Å². The number of nitrogens with one attached hydrogen (secondary N) is 2. The number of hydrogen-bond acceptors (Lipinski definition) is 3. The summed E-state index contributed by atoms with van der Waals surface area (Å²) in [5.74, 6) is 7.02. The highest BCUT2D eigenvalue weighted by atomic mass is 16.5. The Kier molecular flexibility index (Phi) is 5.03. The van der Waals surface area contributed by atoms with Crippen molar-refractivity contribution in [3.63, 3.8) is 0 Å². The maximum Gasteiger partial charge on any atom is 0.206 e. The number of methoxy groups -OCH3 is 1. The SMILES string of the molecule is COc1ccc(CN=C(NN)NC2CCCC2)cc1. The lowest BCUT2D eigenvalue weighted by molar-refractivity contribution is 0.414. The summed E-state index contributed by atoms with van der Waals surface area (Å²) in [5, 5.41) is 3.35. The normalized spacial score (nSPS) is 16.4. The summed E-state index contributed by atoms with van der Waals surface area (Å²) in [6.45, 7) is 0.600. The third kappa shape index (κ3) is 4.13. The molecule has 1 aromatic rings. The molecule has 1 aromatic carbocycles. The molecule has 0 radical (unpaired) electrons. The van der Waals surface area contributed by atoms with Crippen molar-refractivity contribution in [2.75, 3.05) is 7.11 Å². The smallest absolute Gasteiger partial charge is 0.206 e. The Morgan fingerprint density at radius 1 is 1.32 bits per heavy atom. The van der Waals surface area contributed by atoms with Crippen LogP contribution in [0.2, 0.25) is 0 Å². The van der Waals surface area contributed by atoms with Crippen LogP contribution in [0, 0.1) is 0 Å². The molecule has 0 saturated heterocycles. The molecule has 0 spiro atoms. The zero-order valence-corrected chi connectivity index (χ0v) is 11.4. The Morgan fingerprint density at radius 3 is 2.58 bits per heavy atom. The van der Waals surface area contributed by atoms with Crippen molar-refractivity contribution in [3.8, 4) is 5.75 Å². The maximum absolute atomic E-state index is 5.50. The third-order valence-electron chi connectivity index (χ3n) is 3.41. The summed E-state index contributed by atoms with van der Waals surface area (Å²) in [6, 6.07) is 8.39. The Labute approximate surface area is 114 Å². The van der Waals surface area contributed by atoms with Gasteiger partial charge in [-0.2, -0.15) is 0 Å². The van der Waals surface area contributed by atoms with Gasteiger partial charge in [0, 0.05) is 6.04 Å². The average molecular weight is 262 g/mol. The molecule has 2 rings (SSSR count). The van der Waals surface area contributed by atoms with Gasteiger partial charge in [-0.05, 0) is 30.5 Å². The van der Waals surface area contributed by atoms with Crippen molar-refractivity contribution in [2.24, 2.45) is 10.8 Å². The number of nitrogens with zero attached hydrogens (tertiary/aromatic N) is 1. The van der Waals surface area contributed by atoms with E-state index in [-0.39, 0.29) is 0 Å². The molecule has 0 aromatic heterocycles. The van der Waals surface area contributed by atoms with Crippen LogP contribution in [0.4, 0.5) is 0 Å².